The van der Waals surface area contributed by atoms with Gasteiger partial charge in [-0.25, -0.2) is 26.9 Å². The van der Waals surface area contributed by atoms with Crippen molar-refractivity contribution >= 4 is 10.0 Å². The third-order valence-electron chi connectivity index (χ3n) is 3.82. The minimum absolute atomic E-state index is 0.0142. The molecule has 10 heteroatoms. The standard InChI is InChI=1S/C17H18FN5O3S/c1-12-11-13(2)23(20-12)16-7-8-17(24)22(21-16)10-9-19-27(25,26)15-6-4-3-5-14(15)18/h3-8,11,19H,9-10H2,1-2H3. The summed E-state index contributed by atoms with van der Waals surface area (Å²) >= 11 is 0. The van der Waals surface area contributed by atoms with Crippen LogP contribution in [-0.4, -0.2) is 34.5 Å². The van der Waals surface area contributed by atoms with Crippen molar-refractivity contribution in [1.29, 1.82) is 0 Å². The number of hydrogen-bond acceptors (Lipinski definition) is 5. The van der Waals surface area contributed by atoms with Gasteiger partial charge in [-0.15, -0.1) is 5.10 Å². The largest absolute Gasteiger partial charge is 0.268 e. The van der Waals surface area contributed by atoms with Crippen molar-refractivity contribution in [1.82, 2.24) is 24.3 Å². The van der Waals surface area contributed by atoms with E-state index in [1.807, 2.05) is 19.9 Å². The number of benzene rings is 1. The summed E-state index contributed by atoms with van der Waals surface area (Å²) < 4.78 is 43.1. The smallest absolute Gasteiger partial charge is 0.266 e. The van der Waals surface area contributed by atoms with E-state index in [0.717, 1.165) is 22.1 Å². The van der Waals surface area contributed by atoms with E-state index in [1.165, 1.54) is 24.3 Å². The Hall–Kier alpha value is -2.85. The van der Waals surface area contributed by atoms with Gasteiger partial charge in [-0.3, -0.25) is 4.79 Å². The molecule has 0 saturated heterocycles. The molecule has 8 nitrogen and oxygen atoms in total. The Morgan fingerprint density at radius 2 is 1.85 bits per heavy atom. The second-order valence-corrected chi connectivity index (χ2v) is 7.66. The fourth-order valence-corrected chi connectivity index (χ4v) is 3.70. The summed E-state index contributed by atoms with van der Waals surface area (Å²) in [6.07, 6.45) is 0. The highest BCUT2D eigenvalue weighted by Gasteiger charge is 2.18. The molecule has 2 aromatic heterocycles. The molecule has 0 saturated carbocycles. The maximum absolute atomic E-state index is 13.7. The zero-order chi connectivity index (χ0) is 19.6. The molecule has 0 aliphatic rings. The quantitative estimate of drug-likeness (QED) is 0.680. The number of aryl methyl sites for hydroxylation is 2. The lowest BCUT2D eigenvalue weighted by atomic mass is 10.4. The Balaban J connectivity index is 1.77. The molecule has 0 aliphatic carbocycles. The third kappa shape index (κ3) is 4.12. The molecule has 0 spiro atoms. The number of nitrogens with one attached hydrogen (secondary N) is 1. The topological polar surface area (TPSA) is 98.9 Å². The van der Waals surface area contributed by atoms with E-state index < -0.39 is 20.7 Å². The van der Waals surface area contributed by atoms with E-state index in [9.17, 15) is 17.6 Å². The molecule has 142 valence electrons. The number of hydrogen-bond donors (Lipinski definition) is 1. The van der Waals surface area contributed by atoms with Crippen molar-refractivity contribution < 1.29 is 12.8 Å². The first-order valence-corrected chi connectivity index (χ1v) is 9.62. The van der Waals surface area contributed by atoms with Gasteiger partial charge in [0.15, 0.2) is 5.82 Å². The molecular formula is C17H18FN5O3S. The minimum atomic E-state index is -4.03. The van der Waals surface area contributed by atoms with E-state index >= 15 is 0 Å². The highest BCUT2D eigenvalue weighted by Crippen LogP contribution is 2.12. The van der Waals surface area contributed by atoms with Gasteiger partial charge in [0.1, 0.15) is 10.7 Å². The van der Waals surface area contributed by atoms with Crippen LogP contribution in [0, 0.1) is 19.7 Å². The molecule has 1 N–H and O–H groups in total. The molecular weight excluding hydrogens is 373 g/mol. The van der Waals surface area contributed by atoms with Crippen LogP contribution in [0.3, 0.4) is 0 Å². The number of halogens is 1. The van der Waals surface area contributed by atoms with Gasteiger partial charge >= 0.3 is 0 Å². The molecule has 0 aliphatic heterocycles. The van der Waals surface area contributed by atoms with Crippen molar-refractivity contribution in [2.24, 2.45) is 0 Å². The van der Waals surface area contributed by atoms with E-state index in [2.05, 4.69) is 14.9 Å². The van der Waals surface area contributed by atoms with Gasteiger partial charge in [0.2, 0.25) is 10.0 Å². The first kappa shape index (κ1) is 18.9. The summed E-state index contributed by atoms with van der Waals surface area (Å²) in [6.45, 7) is 3.57. The van der Waals surface area contributed by atoms with Crippen molar-refractivity contribution in [3.05, 3.63) is 70.0 Å². The van der Waals surface area contributed by atoms with Crippen LogP contribution in [0.2, 0.25) is 0 Å². The van der Waals surface area contributed by atoms with Gasteiger partial charge in [-0.05, 0) is 38.1 Å². The summed E-state index contributed by atoms with van der Waals surface area (Å²) in [5.41, 5.74) is 1.28. The molecule has 0 fully saturated rings. The van der Waals surface area contributed by atoms with Crippen LogP contribution in [-0.2, 0) is 16.6 Å². The zero-order valence-electron chi connectivity index (χ0n) is 14.8. The molecule has 1 aromatic carbocycles. The maximum atomic E-state index is 13.7. The van der Waals surface area contributed by atoms with Crippen molar-refractivity contribution in [3.8, 4) is 5.82 Å². The van der Waals surface area contributed by atoms with Crippen LogP contribution in [0.1, 0.15) is 11.4 Å². The van der Waals surface area contributed by atoms with Gasteiger partial charge in [0.05, 0.1) is 12.2 Å². The third-order valence-corrected chi connectivity index (χ3v) is 5.32. The summed E-state index contributed by atoms with van der Waals surface area (Å²) in [6, 6.07) is 9.83. The van der Waals surface area contributed by atoms with E-state index in [-0.39, 0.29) is 18.6 Å². The van der Waals surface area contributed by atoms with E-state index in [4.69, 9.17) is 0 Å². The average Bonchev–Trinajstić information content (AvgIpc) is 2.95. The Bertz CT molecular complexity index is 1140. The first-order valence-electron chi connectivity index (χ1n) is 8.14. The normalized spacial score (nSPS) is 11.7. The number of sulfonamides is 1. The van der Waals surface area contributed by atoms with Crippen molar-refractivity contribution in [2.75, 3.05) is 6.54 Å². The molecule has 0 bridgehead atoms. The molecule has 27 heavy (non-hydrogen) atoms. The first-order chi connectivity index (χ1) is 12.8. The average molecular weight is 391 g/mol. The summed E-state index contributed by atoms with van der Waals surface area (Å²) in [5.74, 6) is -0.399. The van der Waals surface area contributed by atoms with E-state index in [0.29, 0.717) is 5.82 Å². The maximum Gasteiger partial charge on any atom is 0.266 e. The molecule has 0 atom stereocenters. The predicted octanol–water partition coefficient (Wildman–Crippen LogP) is 1.16. The van der Waals surface area contributed by atoms with Crippen LogP contribution in [0.4, 0.5) is 4.39 Å². The zero-order valence-corrected chi connectivity index (χ0v) is 15.6. The van der Waals surface area contributed by atoms with Crippen LogP contribution < -0.4 is 10.3 Å². The Morgan fingerprint density at radius 1 is 1.11 bits per heavy atom. The Labute approximate surface area is 155 Å². The Kier molecular flexibility index (Phi) is 5.19. The highest BCUT2D eigenvalue weighted by atomic mass is 32.2. The van der Waals surface area contributed by atoms with Gasteiger partial charge in [-0.2, -0.15) is 5.10 Å². The second-order valence-electron chi connectivity index (χ2n) is 5.92. The lowest BCUT2D eigenvalue weighted by molar-refractivity contribution is 0.533. The van der Waals surface area contributed by atoms with Crippen molar-refractivity contribution in [3.63, 3.8) is 0 Å². The molecule has 3 aromatic rings. The van der Waals surface area contributed by atoms with Crippen LogP contribution >= 0.6 is 0 Å². The Morgan fingerprint density at radius 3 is 2.52 bits per heavy atom. The van der Waals surface area contributed by atoms with Crippen LogP contribution in [0.25, 0.3) is 5.82 Å². The molecule has 0 unspecified atom stereocenters. The predicted molar refractivity (Wildman–Crippen MR) is 96.7 cm³/mol. The van der Waals surface area contributed by atoms with Gasteiger partial charge in [0.25, 0.3) is 5.56 Å². The highest BCUT2D eigenvalue weighted by molar-refractivity contribution is 7.89. The lowest BCUT2D eigenvalue weighted by Crippen LogP contribution is -2.32. The molecule has 3 rings (SSSR count). The summed E-state index contributed by atoms with van der Waals surface area (Å²) in [5, 5.41) is 8.53. The van der Waals surface area contributed by atoms with Crippen molar-refractivity contribution in [2.45, 2.75) is 25.3 Å². The molecule has 0 amide bonds. The minimum Gasteiger partial charge on any atom is -0.268 e. The molecule has 0 radical (unpaired) electrons. The second kappa shape index (κ2) is 7.41. The number of rotatable bonds is 6. The van der Waals surface area contributed by atoms with Crippen LogP contribution in [0.15, 0.2) is 52.2 Å². The van der Waals surface area contributed by atoms with Gasteiger partial charge in [-0.1, -0.05) is 12.1 Å². The summed E-state index contributed by atoms with van der Waals surface area (Å²) in [7, 11) is -4.03. The fourth-order valence-electron chi connectivity index (χ4n) is 2.60. The SMILES string of the molecule is Cc1cc(C)n(-c2ccc(=O)n(CCNS(=O)(=O)c3ccccc3F)n2)n1. The van der Waals surface area contributed by atoms with E-state index in [1.54, 1.807) is 10.7 Å². The van der Waals surface area contributed by atoms with Crippen LogP contribution in [0.5, 0.6) is 0 Å². The van der Waals surface area contributed by atoms with Gasteiger partial charge in [0, 0.05) is 18.3 Å². The monoisotopic (exact) mass is 391 g/mol. The fraction of sp³-hybridized carbons (Fsp3) is 0.235. The molecule has 2 heterocycles. The number of aromatic nitrogens is 4. The number of nitrogens with zero attached hydrogens (tertiary/aromatic N) is 4. The summed E-state index contributed by atoms with van der Waals surface area (Å²) in [4.78, 5) is 11.6. The lowest BCUT2D eigenvalue weighted by Gasteiger charge is -2.10. The van der Waals surface area contributed by atoms with Gasteiger partial charge < -0.3 is 0 Å².